The normalized spacial score (nSPS) is 18.9. The van der Waals surface area contributed by atoms with Gasteiger partial charge >= 0.3 is 0 Å². The average Bonchev–Trinajstić information content (AvgIpc) is 2.89. The highest BCUT2D eigenvalue weighted by Gasteiger charge is 2.19. The van der Waals surface area contributed by atoms with Crippen LogP contribution in [-0.4, -0.2) is 25.8 Å². The van der Waals surface area contributed by atoms with Gasteiger partial charge in [0, 0.05) is 19.3 Å². The highest BCUT2D eigenvalue weighted by Crippen LogP contribution is 2.18. The molecule has 1 atom stereocenters. The largest absolute Gasteiger partial charge is 0.381 e. The van der Waals surface area contributed by atoms with Crippen LogP contribution in [0.1, 0.15) is 39.5 Å². The molecule has 1 fully saturated rings. The zero-order valence-electron chi connectivity index (χ0n) is 9.01. The summed E-state index contributed by atoms with van der Waals surface area (Å²) in [4.78, 5) is 0. The summed E-state index contributed by atoms with van der Waals surface area (Å²) in [5.74, 6) is 0.706. The highest BCUT2D eigenvalue weighted by molar-refractivity contribution is 4.80. The Balaban J connectivity index is 1.81. The molecule has 0 aromatic carbocycles. The van der Waals surface area contributed by atoms with Crippen LogP contribution in [0.2, 0.25) is 0 Å². The van der Waals surface area contributed by atoms with Gasteiger partial charge in [0.15, 0.2) is 0 Å². The molecule has 0 aromatic rings. The Bertz CT molecular complexity index is 123. The molecule has 0 saturated heterocycles. The molecule has 0 heterocycles. The van der Waals surface area contributed by atoms with E-state index in [9.17, 15) is 0 Å². The van der Waals surface area contributed by atoms with E-state index in [1.54, 1.807) is 0 Å². The van der Waals surface area contributed by atoms with Crippen LogP contribution >= 0.6 is 0 Å². The fourth-order valence-electron chi connectivity index (χ4n) is 1.33. The van der Waals surface area contributed by atoms with Crippen LogP contribution in [0.5, 0.6) is 0 Å². The van der Waals surface area contributed by atoms with Crippen molar-refractivity contribution in [2.45, 2.75) is 45.6 Å². The van der Waals surface area contributed by atoms with Gasteiger partial charge in [-0.3, -0.25) is 0 Å². The molecular weight excluding hydrogens is 162 g/mol. The van der Waals surface area contributed by atoms with Crippen LogP contribution in [0.15, 0.2) is 0 Å². The van der Waals surface area contributed by atoms with Gasteiger partial charge in [0.25, 0.3) is 0 Å². The first-order valence-corrected chi connectivity index (χ1v) is 5.64. The van der Waals surface area contributed by atoms with Crippen molar-refractivity contribution < 1.29 is 4.74 Å². The Morgan fingerprint density at radius 1 is 1.46 bits per heavy atom. The zero-order valence-corrected chi connectivity index (χ0v) is 9.01. The first-order chi connectivity index (χ1) is 6.33. The lowest BCUT2D eigenvalue weighted by Crippen LogP contribution is -2.21. The van der Waals surface area contributed by atoms with Gasteiger partial charge in [0.1, 0.15) is 0 Å². The van der Waals surface area contributed by atoms with Gasteiger partial charge in [-0.05, 0) is 38.1 Å². The van der Waals surface area contributed by atoms with Crippen LogP contribution in [0.25, 0.3) is 0 Å². The van der Waals surface area contributed by atoms with Crippen molar-refractivity contribution in [2.75, 3.05) is 19.8 Å². The minimum absolute atomic E-state index is 0.706. The number of ether oxygens (including phenoxy) is 1. The lowest BCUT2D eigenvalue weighted by Gasteiger charge is -2.11. The minimum atomic E-state index is 0.706. The summed E-state index contributed by atoms with van der Waals surface area (Å²) >= 11 is 0. The smallest absolute Gasteiger partial charge is 0.0492 e. The van der Waals surface area contributed by atoms with Crippen molar-refractivity contribution in [2.24, 2.45) is 5.92 Å². The fourth-order valence-corrected chi connectivity index (χ4v) is 1.33. The molecule has 2 nitrogen and oxygen atoms in total. The third-order valence-electron chi connectivity index (χ3n) is 2.40. The Morgan fingerprint density at radius 2 is 2.23 bits per heavy atom. The predicted octanol–water partition coefficient (Wildman–Crippen LogP) is 2.19. The first-order valence-electron chi connectivity index (χ1n) is 5.64. The number of nitrogens with one attached hydrogen (secondary N) is 1. The van der Waals surface area contributed by atoms with E-state index in [1.807, 2.05) is 0 Å². The van der Waals surface area contributed by atoms with E-state index >= 15 is 0 Å². The Kier molecular flexibility index (Phi) is 5.40. The van der Waals surface area contributed by atoms with Gasteiger partial charge in [-0.25, -0.2) is 0 Å². The first kappa shape index (κ1) is 11.0. The molecule has 1 unspecified atom stereocenters. The third kappa shape index (κ3) is 6.05. The molecular formula is C11H23NO. The van der Waals surface area contributed by atoms with Gasteiger partial charge in [0.05, 0.1) is 0 Å². The van der Waals surface area contributed by atoms with Crippen molar-refractivity contribution in [1.29, 1.82) is 0 Å². The SMILES string of the molecule is CCCOCC(C)CCNC1CC1. The van der Waals surface area contributed by atoms with Gasteiger partial charge in [0.2, 0.25) is 0 Å². The van der Waals surface area contributed by atoms with E-state index in [4.69, 9.17) is 4.74 Å². The van der Waals surface area contributed by atoms with E-state index in [2.05, 4.69) is 19.2 Å². The number of hydrogen-bond acceptors (Lipinski definition) is 2. The molecule has 1 aliphatic rings. The summed E-state index contributed by atoms with van der Waals surface area (Å²) in [5, 5.41) is 3.52. The molecule has 13 heavy (non-hydrogen) atoms. The third-order valence-corrected chi connectivity index (χ3v) is 2.40. The average molecular weight is 185 g/mol. The standard InChI is InChI=1S/C11H23NO/c1-3-8-13-9-10(2)6-7-12-11-4-5-11/h10-12H,3-9H2,1-2H3. The lowest BCUT2D eigenvalue weighted by atomic mass is 10.1. The summed E-state index contributed by atoms with van der Waals surface area (Å²) in [5.41, 5.74) is 0. The molecule has 1 rings (SSSR count). The van der Waals surface area contributed by atoms with Gasteiger partial charge in [-0.15, -0.1) is 0 Å². The van der Waals surface area contributed by atoms with Gasteiger partial charge in [-0.2, -0.15) is 0 Å². The Hall–Kier alpha value is -0.0800. The second-order valence-electron chi connectivity index (χ2n) is 4.20. The molecule has 78 valence electrons. The topological polar surface area (TPSA) is 21.3 Å². The van der Waals surface area contributed by atoms with E-state index in [-0.39, 0.29) is 0 Å². The minimum Gasteiger partial charge on any atom is -0.381 e. The molecule has 0 aliphatic heterocycles. The predicted molar refractivity (Wildman–Crippen MR) is 55.9 cm³/mol. The van der Waals surface area contributed by atoms with Crippen LogP contribution in [0.3, 0.4) is 0 Å². The van der Waals surface area contributed by atoms with E-state index in [0.29, 0.717) is 5.92 Å². The van der Waals surface area contributed by atoms with E-state index in [0.717, 1.165) is 25.7 Å². The van der Waals surface area contributed by atoms with Gasteiger partial charge in [-0.1, -0.05) is 13.8 Å². The molecule has 1 saturated carbocycles. The molecule has 0 radical (unpaired) electrons. The molecule has 2 heteroatoms. The maximum atomic E-state index is 5.49. The van der Waals surface area contributed by atoms with Crippen molar-refractivity contribution >= 4 is 0 Å². The van der Waals surface area contributed by atoms with Crippen LogP contribution < -0.4 is 5.32 Å². The zero-order chi connectivity index (χ0) is 9.52. The maximum absolute atomic E-state index is 5.49. The fraction of sp³-hybridized carbons (Fsp3) is 1.00. The molecule has 0 aromatic heterocycles. The summed E-state index contributed by atoms with van der Waals surface area (Å²) < 4.78 is 5.49. The summed E-state index contributed by atoms with van der Waals surface area (Å²) in [6, 6.07) is 0.851. The van der Waals surface area contributed by atoms with Crippen molar-refractivity contribution in [1.82, 2.24) is 5.32 Å². The molecule has 0 amide bonds. The monoisotopic (exact) mass is 185 g/mol. The van der Waals surface area contributed by atoms with Crippen molar-refractivity contribution in [3.05, 3.63) is 0 Å². The van der Waals surface area contributed by atoms with Crippen molar-refractivity contribution in [3.8, 4) is 0 Å². The maximum Gasteiger partial charge on any atom is 0.0492 e. The molecule has 0 bridgehead atoms. The van der Waals surface area contributed by atoms with Crippen LogP contribution in [0, 0.1) is 5.92 Å². The summed E-state index contributed by atoms with van der Waals surface area (Å²) in [6.07, 6.45) is 5.16. The van der Waals surface area contributed by atoms with Crippen LogP contribution in [-0.2, 0) is 4.74 Å². The molecule has 0 spiro atoms. The summed E-state index contributed by atoms with van der Waals surface area (Å²) in [6.45, 7) is 7.44. The van der Waals surface area contributed by atoms with Crippen LogP contribution in [0.4, 0.5) is 0 Å². The Morgan fingerprint density at radius 3 is 2.85 bits per heavy atom. The van der Waals surface area contributed by atoms with Gasteiger partial charge < -0.3 is 10.1 Å². The second-order valence-corrected chi connectivity index (χ2v) is 4.20. The number of rotatable bonds is 8. The lowest BCUT2D eigenvalue weighted by molar-refractivity contribution is 0.102. The Labute approximate surface area is 82.0 Å². The molecule has 1 aliphatic carbocycles. The van der Waals surface area contributed by atoms with E-state index < -0.39 is 0 Å². The number of hydrogen-bond donors (Lipinski definition) is 1. The quantitative estimate of drug-likeness (QED) is 0.585. The van der Waals surface area contributed by atoms with Crippen molar-refractivity contribution in [3.63, 3.8) is 0 Å². The van der Waals surface area contributed by atoms with E-state index in [1.165, 1.54) is 25.8 Å². The highest BCUT2D eigenvalue weighted by atomic mass is 16.5. The second kappa shape index (κ2) is 6.39. The summed E-state index contributed by atoms with van der Waals surface area (Å²) in [7, 11) is 0. The molecule has 1 N–H and O–H groups in total.